The van der Waals surface area contributed by atoms with Crippen molar-refractivity contribution in [2.24, 2.45) is 5.10 Å². The SMILES string of the molecule is CCc1nc2ccc(Br)cc2c(=O)n1N=Cc1cc(Br)c(OC)cc1OC. The lowest BCUT2D eigenvalue weighted by Gasteiger charge is -2.10. The van der Waals surface area contributed by atoms with Crippen LogP contribution in [-0.2, 0) is 6.42 Å². The normalized spacial score (nSPS) is 11.3. The van der Waals surface area contributed by atoms with E-state index in [1.807, 2.05) is 25.1 Å². The smallest absolute Gasteiger partial charge is 0.282 e. The zero-order valence-corrected chi connectivity index (χ0v) is 18.2. The molecule has 0 saturated carbocycles. The maximum Gasteiger partial charge on any atom is 0.282 e. The molecule has 0 N–H and O–H groups in total. The van der Waals surface area contributed by atoms with Crippen LogP contribution >= 0.6 is 31.9 Å². The summed E-state index contributed by atoms with van der Waals surface area (Å²) in [5, 5.41) is 4.89. The molecule has 6 nitrogen and oxygen atoms in total. The summed E-state index contributed by atoms with van der Waals surface area (Å²) in [7, 11) is 3.15. The maximum atomic E-state index is 12.9. The van der Waals surface area contributed by atoms with Gasteiger partial charge in [-0.3, -0.25) is 4.79 Å². The molecule has 2 aromatic carbocycles. The second-order valence-electron chi connectivity index (χ2n) is 5.63. The lowest BCUT2D eigenvalue weighted by atomic mass is 10.2. The Morgan fingerprint density at radius 3 is 2.56 bits per heavy atom. The maximum absolute atomic E-state index is 12.9. The molecule has 1 heterocycles. The van der Waals surface area contributed by atoms with Gasteiger partial charge in [-0.25, -0.2) is 4.98 Å². The molecule has 0 atom stereocenters. The Labute approximate surface area is 173 Å². The number of aryl methyl sites for hydroxylation is 1. The summed E-state index contributed by atoms with van der Waals surface area (Å²) >= 11 is 6.85. The third-order valence-electron chi connectivity index (χ3n) is 4.01. The highest BCUT2D eigenvalue weighted by molar-refractivity contribution is 9.10. The second kappa shape index (κ2) is 8.22. The fourth-order valence-corrected chi connectivity index (χ4v) is 3.53. The van der Waals surface area contributed by atoms with Crippen LogP contribution in [0, 0.1) is 0 Å². The standard InChI is InChI=1S/C19H17Br2N3O3/c1-4-18-23-15-6-5-12(20)8-13(15)19(25)24(18)22-10-11-7-14(21)17(27-3)9-16(11)26-2/h5-10H,4H2,1-3H3. The van der Waals surface area contributed by atoms with Gasteiger partial charge < -0.3 is 9.47 Å². The van der Waals surface area contributed by atoms with Crippen molar-refractivity contribution in [2.45, 2.75) is 13.3 Å². The summed E-state index contributed by atoms with van der Waals surface area (Å²) in [6.45, 7) is 1.93. The van der Waals surface area contributed by atoms with Crippen molar-refractivity contribution in [3.05, 3.63) is 61.0 Å². The zero-order valence-electron chi connectivity index (χ0n) is 15.0. The summed E-state index contributed by atoms with van der Waals surface area (Å²) in [5.41, 5.74) is 1.13. The van der Waals surface area contributed by atoms with Gasteiger partial charge in [0.05, 0.1) is 35.8 Å². The van der Waals surface area contributed by atoms with Crippen LogP contribution in [0.3, 0.4) is 0 Å². The van der Waals surface area contributed by atoms with Crippen molar-refractivity contribution in [1.82, 2.24) is 9.66 Å². The molecule has 27 heavy (non-hydrogen) atoms. The number of halogens is 2. The monoisotopic (exact) mass is 493 g/mol. The summed E-state index contributed by atoms with van der Waals surface area (Å²) in [4.78, 5) is 17.5. The van der Waals surface area contributed by atoms with Gasteiger partial charge in [-0.1, -0.05) is 22.9 Å². The van der Waals surface area contributed by atoms with Gasteiger partial charge in [0.15, 0.2) is 0 Å². The first kappa shape index (κ1) is 19.6. The van der Waals surface area contributed by atoms with Crippen LogP contribution in [0.15, 0.2) is 49.2 Å². The van der Waals surface area contributed by atoms with Gasteiger partial charge in [-0.2, -0.15) is 9.78 Å². The van der Waals surface area contributed by atoms with Crippen molar-refractivity contribution in [2.75, 3.05) is 14.2 Å². The number of fused-ring (bicyclic) bond motifs is 1. The number of nitrogens with zero attached hydrogens (tertiary/aromatic N) is 3. The molecule has 0 bridgehead atoms. The molecule has 0 aliphatic rings. The van der Waals surface area contributed by atoms with Gasteiger partial charge in [-0.05, 0) is 40.2 Å². The van der Waals surface area contributed by atoms with E-state index in [2.05, 4.69) is 41.9 Å². The van der Waals surface area contributed by atoms with Crippen molar-refractivity contribution in [3.8, 4) is 11.5 Å². The molecule has 8 heteroatoms. The van der Waals surface area contributed by atoms with E-state index in [-0.39, 0.29) is 5.56 Å². The highest BCUT2D eigenvalue weighted by Crippen LogP contribution is 2.32. The Balaban J connectivity index is 2.15. The molecular weight excluding hydrogens is 478 g/mol. The molecule has 3 aromatic rings. The van der Waals surface area contributed by atoms with Crippen molar-refractivity contribution in [1.29, 1.82) is 0 Å². The van der Waals surface area contributed by atoms with E-state index in [1.54, 1.807) is 32.6 Å². The Kier molecular flexibility index (Phi) is 5.96. The highest BCUT2D eigenvalue weighted by atomic mass is 79.9. The Morgan fingerprint density at radius 2 is 1.89 bits per heavy atom. The number of ether oxygens (including phenoxy) is 2. The van der Waals surface area contributed by atoms with Gasteiger partial charge in [-0.15, -0.1) is 0 Å². The van der Waals surface area contributed by atoms with E-state index < -0.39 is 0 Å². The number of rotatable bonds is 5. The molecule has 0 aliphatic heterocycles. The van der Waals surface area contributed by atoms with Gasteiger partial charge in [0.25, 0.3) is 5.56 Å². The third kappa shape index (κ3) is 3.91. The van der Waals surface area contributed by atoms with E-state index in [4.69, 9.17) is 9.47 Å². The molecule has 140 valence electrons. The molecule has 0 unspecified atom stereocenters. The molecule has 0 spiro atoms. The van der Waals surface area contributed by atoms with E-state index in [0.717, 1.165) is 8.95 Å². The predicted molar refractivity (Wildman–Crippen MR) is 113 cm³/mol. The minimum atomic E-state index is -0.221. The average molecular weight is 495 g/mol. The highest BCUT2D eigenvalue weighted by Gasteiger charge is 2.11. The first-order chi connectivity index (χ1) is 13.0. The second-order valence-corrected chi connectivity index (χ2v) is 7.40. The first-order valence-corrected chi connectivity index (χ1v) is 9.74. The van der Waals surface area contributed by atoms with Crippen LogP contribution in [0.4, 0.5) is 0 Å². The topological polar surface area (TPSA) is 65.7 Å². The fourth-order valence-electron chi connectivity index (χ4n) is 2.65. The molecule has 0 saturated heterocycles. The number of hydrogen-bond donors (Lipinski definition) is 0. The average Bonchev–Trinajstić information content (AvgIpc) is 2.67. The fraction of sp³-hybridized carbons (Fsp3) is 0.211. The minimum absolute atomic E-state index is 0.221. The Morgan fingerprint density at radius 1 is 1.15 bits per heavy atom. The lowest BCUT2D eigenvalue weighted by molar-refractivity contribution is 0.392. The number of benzene rings is 2. The van der Waals surface area contributed by atoms with Crippen molar-refractivity contribution in [3.63, 3.8) is 0 Å². The van der Waals surface area contributed by atoms with Gasteiger partial charge in [0, 0.05) is 22.5 Å². The molecule has 0 fully saturated rings. The number of hydrogen-bond acceptors (Lipinski definition) is 5. The Bertz CT molecular complexity index is 1090. The van der Waals surface area contributed by atoms with Crippen molar-refractivity contribution < 1.29 is 9.47 Å². The van der Waals surface area contributed by atoms with E-state index >= 15 is 0 Å². The summed E-state index contributed by atoms with van der Waals surface area (Å²) in [5.74, 6) is 1.81. The van der Waals surface area contributed by atoms with Gasteiger partial charge >= 0.3 is 0 Å². The summed E-state index contributed by atoms with van der Waals surface area (Å²) < 4.78 is 13.6. The van der Waals surface area contributed by atoms with E-state index in [0.29, 0.717) is 40.2 Å². The first-order valence-electron chi connectivity index (χ1n) is 8.15. The molecule has 1 aromatic heterocycles. The zero-order chi connectivity index (χ0) is 19.6. The lowest BCUT2D eigenvalue weighted by Crippen LogP contribution is -2.22. The minimum Gasteiger partial charge on any atom is -0.496 e. The predicted octanol–water partition coefficient (Wildman–Crippen LogP) is 4.38. The molecule has 0 radical (unpaired) electrons. The molecule has 3 rings (SSSR count). The van der Waals surface area contributed by atoms with Gasteiger partial charge in [0.2, 0.25) is 0 Å². The Hall–Kier alpha value is -2.19. The quantitative estimate of drug-likeness (QED) is 0.493. The van der Waals surface area contributed by atoms with E-state index in [9.17, 15) is 4.79 Å². The van der Waals surface area contributed by atoms with Crippen LogP contribution in [0.5, 0.6) is 11.5 Å². The van der Waals surface area contributed by atoms with Crippen LogP contribution in [0.2, 0.25) is 0 Å². The van der Waals surface area contributed by atoms with E-state index in [1.165, 1.54) is 4.68 Å². The van der Waals surface area contributed by atoms with Crippen LogP contribution in [0.1, 0.15) is 18.3 Å². The molecular formula is C19H17Br2N3O3. The largest absolute Gasteiger partial charge is 0.496 e. The molecule has 0 amide bonds. The number of aromatic nitrogens is 2. The van der Waals surface area contributed by atoms with Gasteiger partial charge in [0.1, 0.15) is 17.3 Å². The number of methoxy groups -OCH3 is 2. The van der Waals surface area contributed by atoms with Crippen LogP contribution in [0.25, 0.3) is 10.9 Å². The summed E-state index contributed by atoms with van der Waals surface area (Å²) in [6, 6.07) is 9.01. The van der Waals surface area contributed by atoms with Crippen molar-refractivity contribution >= 4 is 49.0 Å². The van der Waals surface area contributed by atoms with Crippen LogP contribution < -0.4 is 15.0 Å². The summed E-state index contributed by atoms with van der Waals surface area (Å²) in [6.07, 6.45) is 2.15. The third-order valence-corrected chi connectivity index (χ3v) is 5.12. The molecule has 0 aliphatic carbocycles. The van der Waals surface area contributed by atoms with Crippen LogP contribution in [-0.4, -0.2) is 30.1 Å².